The lowest BCUT2D eigenvalue weighted by molar-refractivity contribution is -0.121. The molecule has 29 heavy (non-hydrogen) atoms. The van der Waals surface area contributed by atoms with E-state index in [0.29, 0.717) is 25.9 Å². The van der Waals surface area contributed by atoms with Gasteiger partial charge in [-0.2, -0.15) is 4.37 Å². The molecular formula is C22H25FN4OS. The lowest BCUT2D eigenvalue weighted by Crippen LogP contribution is -2.35. The molecule has 3 aromatic rings. The van der Waals surface area contributed by atoms with Gasteiger partial charge in [0.15, 0.2) is 0 Å². The number of amides is 1. The van der Waals surface area contributed by atoms with Gasteiger partial charge in [-0.3, -0.25) is 4.79 Å². The van der Waals surface area contributed by atoms with E-state index in [1.54, 1.807) is 12.1 Å². The second-order valence-electron chi connectivity index (χ2n) is 7.10. The van der Waals surface area contributed by atoms with Crippen molar-refractivity contribution in [2.75, 3.05) is 11.4 Å². The predicted octanol–water partition coefficient (Wildman–Crippen LogP) is 4.19. The molecule has 152 valence electrons. The second kappa shape index (κ2) is 10.1. The van der Waals surface area contributed by atoms with E-state index in [1.165, 1.54) is 29.2 Å². The van der Waals surface area contributed by atoms with Gasteiger partial charge in [0, 0.05) is 43.5 Å². The zero-order valence-electron chi connectivity index (χ0n) is 16.6. The number of aromatic nitrogens is 2. The summed E-state index contributed by atoms with van der Waals surface area (Å²) in [6.07, 6.45) is 1.05. The average molecular weight is 413 g/mol. The molecular weight excluding hydrogens is 387 g/mol. The summed E-state index contributed by atoms with van der Waals surface area (Å²) in [5.74, 6) is 0.466. The molecule has 0 atom stereocenters. The predicted molar refractivity (Wildman–Crippen MR) is 115 cm³/mol. The van der Waals surface area contributed by atoms with E-state index in [0.717, 1.165) is 16.5 Å². The van der Waals surface area contributed by atoms with Crippen molar-refractivity contribution in [2.45, 2.75) is 39.3 Å². The maximum absolute atomic E-state index is 13.0. The number of hydrogen-bond acceptors (Lipinski definition) is 5. The van der Waals surface area contributed by atoms with E-state index in [-0.39, 0.29) is 17.8 Å². The molecule has 7 heteroatoms. The number of anilines is 1. The Balaban J connectivity index is 1.53. The zero-order valence-corrected chi connectivity index (χ0v) is 17.5. The highest BCUT2D eigenvalue weighted by atomic mass is 32.1. The number of hydrogen-bond donors (Lipinski definition) is 1. The molecule has 1 amide bonds. The minimum absolute atomic E-state index is 0.0472. The van der Waals surface area contributed by atoms with Gasteiger partial charge >= 0.3 is 0 Å². The number of nitrogens with zero attached hydrogens (tertiary/aromatic N) is 3. The minimum Gasteiger partial charge on any atom is -0.352 e. The van der Waals surface area contributed by atoms with Crippen LogP contribution in [0.2, 0.25) is 0 Å². The Hall–Kier alpha value is -2.80. The first-order valence-electron chi connectivity index (χ1n) is 9.65. The van der Waals surface area contributed by atoms with Crippen molar-refractivity contribution in [3.63, 3.8) is 0 Å². The van der Waals surface area contributed by atoms with E-state index in [1.807, 2.05) is 18.2 Å². The molecule has 0 aliphatic heterocycles. The molecule has 1 aromatic heterocycles. The van der Waals surface area contributed by atoms with Crippen molar-refractivity contribution >= 4 is 22.6 Å². The number of carbonyl (C=O) groups is 1. The summed E-state index contributed by atoms with van der Waals surface area (Å²) in [6, 6.07) is 16.5. The van der Waals surface area contributed by atoms with Gasteiger partial charge < -0.3 is 10.2 Å². The van der Waals surface area contributed by atoms with Crippen LogP contribution in [0.25, 0.3) is 0 Å². The first-order valence-corrected chi connectivity index (χ1v) is 10.4. The highest BCUT2D eigenvalue weighted by Crippen LogP contribution is 2.21. The van der Waals surface area contributed by atoms with Crippen LogP contribution < -0.4 is 10.2 Å². The largest absolute Gasteiger partial charge is 0.352 e. The van der Waals surface area contributed by atoms with Gasteiger partial charge in [0.25, 0.3) is 0 Å². The van der Waals surface area contributed by atoms with E-state index >= 15 is 0 Å². The van der Waals surface area contributed by atoms with Gasteiger partial charge in [-0.05, 0) is 37.1 Å². The van der Waals surface area contributed by atoms with E-state index in [4.69, 9.17) is 0 Å². The minimum atomic E-state index is -0.281. The molecule has 0 radical (unpaired) electrons. The maximum atomic E-state index is 13.0. The molecule has 0 fully saturated rings. The summed E-state index contributed by atoms with van der Waals surface area (Å²) in [5, 5.41) is 3.71. The third-order valence-corrected chi connectivity index (χ3v) is 5.31. The molecule has 3 rings (SSSR count). The van der Waals surface area contributed by atoms with Crippen LogP contribution >= 0.6 is 11.5 Å². The van der Waals surface area contributed by atoms with Gasteiger partial charge in [0.05, 0.1) is 0 Å². The highest BCUT2D eigenvalue weighted by Gasteiger charge is 2.17. The summed E-state index contributed by atoms with van der Waals surface area (Å²) in [6.45, 7) is 5.11. The molecule has 0 bridgehead atoms. The van der Waals surface area contributed by atoms with Crippen LogP contribution in [0.15, 0.2) is 54.6 Å². The molecule has 0 aliphatic rings. The number of rotatable bonds is 9. The van der Waals surface area contributed by atoms with Crippen molar-refractivity contribution in [3.05, 3.63) is 77.4 Å². The Bertz CT molecular complexity index is 912. The van der Waals surface area contributed by atoms with Crippen LogP contribution in [0.3, 0.4) is 0 Å². The molecule has 5 nitrogen and oxygen atoms in total. The summed E-state index contributed by atoms with van der Waals surface area (Å²) < 4.78 is 17.4. The fraction of sp³-hybridized carbons (Fsp3) is 0.318. The molecule has 2 aromatic carbocycles. The van der Waals surface area contributed by atoms with E-state index in [9.17, 15) is 9.18 Å². The quantitative estimate of drug-likeness (QED) is 0.573. The topological polar surface area (TPSA) is 58.1 Å². The molecule has 1 heterocycles. The molecule has 0 aliphatic carbocycles. The maximum Gasteiger partial charge on any atom is 0.222 e. The fourth-order valence-corrected chi connectivity index (χ4v) is 3.75. The molecule has 1 N–H and O–H groups in total. The van der Waals surface area contributed by atoms with Gasteiger partial charge in [0.1, 0.15) is 11.6 Å². The van der Waals surface area contributed by atoms with Crippen LogP contribution in [0, 0.1) is 5.82 Å². The van der Waals surface area contributed by atoms with Crippen LogP contribution in [0.4, 0.5) is 9.52 Å². The normalized spacial score (nSPS) is 10.9. The van der Waals surface area contributed by atoms with Crippen LogP contribution in [0.1, 0.15) is 37.2 Å². The lowest BCUT2D eigenvalue weighted by Gasteiger charge is -2.25. The standard InChI is InChI=1S/C22H25FN4OS/c1-16(2)27(13-12-21(28)24-15-18-8-10-19(23)11-9-18)22-25-20(26-29-22)14-17-6-4-3-5-7-17/h3-11,16H,12-15H2,1-2H3,(H,24,28). The Labute approximate surface area is 174 Å². The van der Waals surface area contributed by atoms with Crippen molar-refractivity contribution in [1.82, 2.24) is 14.7 Å². The third kappa shape index (κ3) is 6.35. The van der Waals surface area contributed by atoms with Crippen molar-refractivity contribution in [1.29, 1.82) is 0 Å². The average Bonchev–Trinajstić information content (AvgIpc) is 3.16. The van der Waals surface area contributed by atoms with Crippen molar-refractivity contribution in [3.8, 4) is 0 Å². The third-order valence-electron chi connectivity index (χ3n) is 4.51. The summed E-state index contributed by atoms with van der Waals surface area (Å²) in [5.41, 5.74) is 2.04. The Morgan fingerprint density at radius 2 is 1.83 bits per heavy atom. The smallest absolute Gasteiger partial charge is 0.222 e. The number of nitrogens with one attached hydrogen (secondary N) is 1. The van der Waals surface area contributed by atoms with Crippen molar-refractivity contribution < 1.29 is 9.18 Å². The molecule has 0 unspecified atom stereocenters. The zero-order chi connectivity index (χ0) is 20.6. The first kappa shape index (κ1) is 20.9. The highest BCUT2D eigenvalue weighted by molar-refractivity contribution is 7.09. The molecule has 0 saturated carbocycles. The number of halogens is 1. The van der Waals surface area contributed by atoms with Crippen LogP contribution in [-0.4, -0.2) is 27.9 Å². The number of benzene rings is 2. The second-order valence-corrected chi connectivity index (χ2v) is 7.83. The Morgan fingerprint density at radius 1 is 1.10 bits per heavy atom. The van der Waals surface area contributed by atoms with Crippen molar-refractivity contribution in [2.24, 2.45) is 0 Å². The monoisotopic (exact) mass is 412 g/mol. The summed E-state index contributed by atoms with van der Waals surface area (Å²) >= 11 is 1.37. The summed E-state index contributed by atoms with van der Waals surface area (Å²) in [4.78, 5) is 19.0. The van der Waals surface area contributed by atoms with Crippen LogP contribution in [0.5, 0.6) is 0 Å². The Morgan fingerprint density at radius 3 is 2.52 bits per heavy atom. The van der Waals surface area contributed by atoms with Crippen LogP contribution in [-0.2, 0) is 17.8 Å². The van der Waals surface area contributed by atoms with E-state index in [2.05, 4.69) is 45.6 Å². The molecule has 0 spiro atoms. The van der Waals surface area contributed by atoms with Gasteiger partial charge in [-0.25, -0.2) is 9.37 Å². The van der Waals surface area contributed by atoms with E-state index < -0.39 is 0 Å². The molecule has 0 saturated heterocycles. The lowest BCUT2D eigenvalue weighted by atomic mass is 10.1. The van der Waals surface area contributed by atoms with Gasteiger partial charge in [0.2, 0.25) is 11.0 Å². The van der Waals surface area contributed by atoms with Gasteiger partial charge in [-0.15, -0.1) is 0 Å². The first-order chi connectivity index (χ1) is 14.0. The fourth-order valence-electron chi connectivity index (χ4n) is 2.90. The summed E-state index contributed by atoms with van der Waals surface area (Å²) in [7, 11) is 0. The SMILES string of the molecule is CC(C)N(CCC(=O)NCc1ccc(F)cc1)c1nc(Cc2ccccc2)ns1. The van der Waals surface area contributed by atoms with Gasteiger partial charge in [-0.1, -0.05) is 42.5 Å². The number of carbonyl (C=O) groups excluding carboxylic acids is 1. The Kier molecular flexibility index (Phi) is 7.30.